The third-order valence-corrected chi connectivity index (χ3v) is 10.6. The summed E-state index contributed by atoms with van der Waals surface area (Å²) >= 11 is 0. The number of phenols is 1. The fourth-order valence-electron chi connectivity index (χ4n) is 7.41. The Balaban J connectivity index is 1.49. The molecule has 0 saturated carbocycles. The van der Waals surface area contributed by atoms with Crippen molar-refractivity contribution >= 4 is 22.3 Å². The van der Waals surface area contributed by atoms with E-state index in [1.807, 2.05) is 132 Å². The van der Waals surface area contributed by atoms with Gasteiger partial charge in [-0.2, -0.15) is 0 Å². The van der Waals surface area contributed by atoms with Crippen LogP contribution in [0, 0.1) is 11.3 Å². The van der Waals surface area contributed by atoms with E-state index in [1.165, 1.54) is 7.11 Å². The molecule has 0 heterocycles. The summed E-state index contributed by atoms with van der Waals surface area (Å²) in [7, 11) is 3.15. The van der Waals surface area contributed by atoms with Crippen molar-refractivity contribution < 1.29 is 29.3 Å². The van der Waals surface area contributed by atoms with Gasteiger partial charge in [0.15, 0.2) is 11.6 Å². The molecule has 0 aliphatic heterocycles. The third kappa shape index (κ3) is 11.5. The Bertz CT molecular complexity index is 2060. The molecule has 0 aliphatic rings. The summed E-state index contributed by atoms with van der Waals surface area (Å²) in [6, 6.07) is 33.4. The van der Waals surface area contributed by atoms with Crippen molar-refractivity contribution in [3.63, 3.8) is 0 Å². The summed E-state index contributed by atoms with van der Waals surface area (Å²) in [5.74, 6) is 0.901. The number of phenolic OH excluding ortho intramolecular Hbond substituents is 1. The second-order valence-electron chi connectivity index (χ2n) is 16.2. The number of aliphatic hydroxyl groups is 1. The highest BCUT2D eigenvalue weighted by molar-refractivity contribution is 5.93. The molecule has 0 aromatic heterocycles. The predicted octanol–water partition coefficient (Wildman–Crippen LogP) is 7.19. The molecule has 57 heavy (non-hydrogen) atoms. The minimum atomic E-state index is -1.26. The van der Waals surface area contributed by atoms with Gasteiger partial charge in [0, 0.05) is 37.2 Å². The first-order chi connectivity index (χ1) is 27.3. The van der Waals surface area contributed by atoms with Gasteiger partial charge in [-0.15, -0.1) is 0 Å². The Kier molecular flexibility index (Phi) is 15.0. The summed E-state index contributed by atoms with van der Waals surface area (Å²) < 4.78 is 10.6. The zero-order valence-electron chi connectivity index (χ0n) is 34.3. The average molecular weight is 774 g/mol. The molecule has 5 atom stereocenters. The number of methoxy groups -OCH3 is 2. The second-order valence-corrected chi connectivity index (χ2v) is 16.2. The molecule has 0 amide bonds. The number of nitrogens with one attached hydrogen (secondary N) is 3. The second kappa shape index (κ2) is 19.9. The lowest BCUT2D eigenvalue weighted by molar-refractivity contribution is -0.128. The lowest BCUT2D eigenvalue weighted by Gasteiger charge is -2.39. The molecule has 0 fully saturated rings. The van der Waals surface area contributed by atoms with E-state index in [-0.39, 0.29) is 36.2 Å². The Morgan fingerprint density at radius 2 is 1.33 bits per heavy atom. The van der Waals surface area contributed by atoms with Crippen LogP contribution in [-0.2, 0) is 35.5 Å². The van der Waals surface area contributed by atoms with E-state index in [1.54, 1.807) is 25.3 Å². The van der Waals surface area contributed by atoms with Gasteiger partial charge in [-0.1, -0.05) is 126 Å². The lowest BCUT2D eigenvalue weighted by Crippen LogP contribution is -2.63. The number of fused-ring (bicyclic) bond motifs is 1. The molecule has 5 aromatic rings. The van der Waals surface area contributed by atoms with Gasteiger partial charge in [-0.25, -0.2) is 0 Å². The van der Waals surface area contributed by atoms with Gasteiger partial charge in [0.05, 0.1) is 38.4 Å². The topological polar surface area (TPSA) is 129 Å². The number of hydrogen-bond donors (Lipinski definition) is 5. The molecule has 0 unspecified atom stereocenters. The molecule has 9 nitrogen and oxygen atoms in total. The van der Waals surface area contributed by atoms with Crippen LogP contribution in [0.15, 0.2) is 115 Å². The fraction of sp³-hybridized carbons (Fsp3) is 0.375. The van der Waals surface area contributed by atoms with Crippen LogP contribution in [0.25, 0.3) is 10.8 Å². The van der Waals surface area contributed by atoms with E-state index in [0.717, 1.165) is 27.5 Å². The molecule has 5 N–H and O–H groups in total. The number of Topliss-reactive ketones (excluding diaryl/α,β-unsaturated/α-hetero) is 2. The Labute approximate surface area is 337 Å². The van der Waals surface area contributed by atoms with Crippen LogP contribution in [0.5, 0.6) is 17.2 Å². The average Bonchev–Trinajstić information content (AvgIpc) is 3.20. The summed E-state index contributed by atoms with van der Waals surface area (Å²) in [6.45, 7) is 10.5. The van der Waals surface area contributed by atoms with E-state index in [0.29, 0.717) is 30.0 Å². The van der Waals surface area contributed by atoms with Gasteiger partial charge in [-0.05, 0) is 63.4 Å². The molecule has 0 spiro atoms. The van der Waals surface area contributed by atoms with Crippen molar-refractivity contribution in [3.8, 4) is 17.2 Å². The first-order valence-corrected chi connectivity index (χ1v) is 19.8. The van der Waals surface area contributed by atoms with Crippen molar-refractivity contribution in [3.05, 3.63) is 138 Å². The number of aliphatic hydroxyl groups excluding tert-OH is 1. The zero-order valence-corrected chi connectivity index (χ0v) is 34.3. The van der Waals surface area contributed by atoms with Crippen LogP contribution in [0.1, 0.15) is 56.9 Å². The van der Waals surface area contributed by atoms with Crippen molar-refractivity contribution in [1.82, 2.24) is 16.0 Å². The maximum Gasteiger partial charge on any atom is 0.169 e. The largest absolute Gasteiger partial charge is 0.507 e. The van der Waals surface area contributed by atoms with Crippen molar-refractivity contribution in [1.29, 1.82) is 0 Å². The number of benzene rings is 5. The van der Waals surface area contributed by atoms with Gasteiger partial charge in [0.1, 0.15) is 17.2 Å². The van der Waals surface area contributed by atoms with Crippen LogP contribution >= 0.6 is 0 Å². The monoisotopic (exact) mass is 773 g/mol. The molecule has 5 rings (SSSR count). The standard InChI is InChI=1S/C48H59N3O6/c1-31(2)43(50-30-36-22-25-38(57-7)28-41(36)52)46(55)44(49-29-33-20-23-37(56-6)24-21-33)45(54)40(26-32-14-9-8-10-15-32)51-47(48(3,4)5)42(53)27-35-18-13-17-34-16-11-12-19-39(34)35/h8-25,28,31,40,43-45,47,49-52,54H,26-27,29-30H2,1-7H3/t40-,43+,44+,45+,47-/m0/s1. The lowest BCUT2D eigenvalue weighted by atomic mass is 9.80. The normalized spacial score (nSPS) is 14.5. The maximum atomic E-state index is 14.9. The third-order valence-electron chi connectivity index (χ3n) is 10.6. The van der Waals surface area contributed by atoms with Crippen molar-refractivity contribution in [2.75, 3.05) is 14.2 Å². The fourth-order valence-corrected chi connectivity index (χ4v) is 7.41. The molecule has 9 heteroatoms. The molecule has 5 aromatic carbocycles. The van der Waals surface area contributed by atoms with Gasteiger partial charge < -0.3 is 35.6 Å². The summed E-state index contributed by atoms with van der Waals surface area (Å²) in [6.07, 6.45) is -0.687. The minimum Gasteiger partial charge on any atom is -0.507 e. The molecular weight excluding hydrogens is 715 g/mol. The molecule has 0 aliphatic carbocycles. The Morgan fingerprint density at radius 1 is 0.702 bits per heavy atom. The number of ketones is 2. The predicted molar refractivity (Wildman–Crippen MR) is 228 cm³/mol. The zero-order chi connectivity index (χ0) is 41.1. The first-order valence-electron chi connectivity index (χ1n) is 19.8. The van der Waals surface area contributed by atoms with E-state index in [2.05, 4.69) is 16.0 Å². The van der Waals surface area contributed by atoms with Crippen molar-refractivity contribution in [2.45, 2.75) is 90.8 Å². The Morgan fingerprint density at radius 3 is 1.98 bits per heavy atom. The van der Waals surface area contributed by atoms with E-state index < -0.39 is 35.7 Å². The van der Waals surface area contributed by atoms with E-state index in [9.17, 15) is 19.8 Å². The summed E-state index contributed by atoms with van der Waals surface area (Å²) in [5, 5.41) is 35.9. The van der Waals surface area contributed by atoms with Crippen molar-refractivity contribution in [2.24, 2.45) is 11.3 Å². The quantitative estimate of drug-likeness (QED) is 0.0558. The smallest absolute Gasteiger partial charge is 0.169 e. The van der Waals surface area contributed by atoms with Gasteiger partial charge in [-0.3, -0.25) is 9.59 Å². The maximum absolute atomic E-state index is 14.9. The SMILES string of the molecule is COc1ccc(CN[C@@H](C(=O)[C@H](NCc2ccc(OC)cc2O)C(C)C)[C@H](O)[C@H](Cc2ccccc2)N[C@@H](C(=O)Cc2cccc3ccccc23)C(C)(C)C)cc1. The van der Waals surface area contributed by atoms with Gasteiger partial charge >= 0.3 is 0 Å². The number of ether oxygens (including phenoxy) is 2. The minimum absolute atomic E-state index is 0.000735. The highest BCUT2D eigenvalue weighted by atomic mass is 16.5. The van der Waals surface area contributed by atoms with Gasteiger partial charge in [0.2, 0.25) is 0 Å². The molecule has 302 valence electrons. The number of rotatable bonds is 20. The van der Waals surface area contributed by atoms with Crippen LogP contribution in [0.3, 0.4) is 0 Å². The molecular formula is C48H59N3O6. The number of carbonyl (C=O) groups excluding carboxylic acids is 2. The Hall–Kier alpha value is -5.06. The van der Waals surface area contributed by atoms with Crippen LogP contribution in [0.2, 0.25) is 0 Å². The molecule has 0 bridgehead atoms. The van der Waals surface area contributed by atoms with E-state index >= 15 is 0 Å². The van der Waals surface area contributed by atoms with Crippen LogP contribution in [0.4, 0.5) is 0 Å². The summed E-state index contributed by atoms with van der Waals surface area (Å²) in [4.78, 5) is 29.4. The number of carbonyl (C=O) groups is 2. The van der Waals surface area contributed by atoms with Gasteiger partial charge in [0.25, 0.3) is 0 Å². The molecule has 0 radical (unpaired) electrons. The highest BCUT2D eigenvalue weighted by Crippen LogP contribution is 2.27. The number of hydrogen-bond acceptors (Lipinski definition) is 9. The van der Waals surface area contributed by atoms with Crippen LogP contribution < -0.4 is 25.4 Å². The highest BCUT2D eigenvalue weighted by Gasteiger charge is 2.41. The van der Waals surface area contributed by atoms with E-state index in [4.69, 9.17) is 9.47 Å². The molecule has 0 saturated heterocycles. The van der Waals surface area contributed by atoms with Crippen LogP contribution in [-0.4, -0.2) is 66.3 Å². The number of aromatic hydroxyl groups is 1. The summed E-state index contributed by atoms with van der Waals surface area (Å²) in [5.41, 5.74) is 2.88. The first kappa shape index (κ1) is 43.1.